The lowest BCUT2D eigenvalue weighted by atomic mass is 9.92. The Kier molecular flexibility index (Phi) is 7.43. The number of rotatable bonds is 7. The SMILES string of the molecule is CC(C)(C)CNC(=O)c1ccc(-c2ccc(N)cc2C(=O)Nc2ccc(C(=N)N)cc2)c(C(=O)O)c1. The summed E-state index contributed by atoms with van der Waals surface area (Å²) in [6.07, 6.45) is 0. The zero-order chi connectivity index (χ0) is 26.6. The fourth-order valence-corrected chi connectivity index (χ4v) is 3.46. The van der Waals surface area contributed by atoms with Gasteiger partial charge in [-0.25, -0.2) is 4.79 Å². The van der Waals surface area contributed by atoms with Crippen LogP contribution in [0, 0.1) is 10.8 Å². The minimum atomic E-state index is -1.24. The Bertz CT molecular complexity index is 1340. The Morgan fingerprint density at radius 2 is 1.44 bits per heavy atom. The van der Waals surface area contributed by atoms with Gasteiger partial charge >= 0.3 is 5.97 Å². The van der Waals surface area contributed by atoms with Crippen LogP contribution in [-0.2, 0) is 0 Å². The van der Waals surface area contributed by atoms with Crippen LogP contribution in [0.25, 0.3) is 11.1 Å². The zero-order valence-corrected chi connectivity index (χ0v) is 20.3. The first kappa shape index (κ1) is 26.0. The molecule has 8 N–H and O–H groups in total. The number of nitrogens with one attached hydrogen (secondary N) is 3. The van der Waals surface area contributed by atoms with E-state index in [0.717, 1.165) is 0 Å². The molecule has 3 aromatic rings. The number of nitrogens with two attached hydrogens (primary N) is 2. The number of anilines is 2. The highest BCUT2D eigenvalue weighted by Gasteiger charge is 2.21. The normalized spacial score (nSPS) is 11.0. The molecule has 36 heavy (non-hydrogen) atoms. The average molecular weight is 488 g/mol. The summed E-state index contributed by atoms with van der Waals surface area (Å²) in [5, 5.41) is 22.9. The second-order valence-electron chi connectivity index (χ2n) is 9.56. The fourth-order valence-electron chi connectivity index (χ4n) is 3.46. The van der Waals surface area contributed by atoms with E-state index in [0.29, 0.717) is 29.0 Å². The van der Waals surface area contributed by atoms with Crippen molar-refractivity contribution in [1.82, 2.24) is 5.32 Å². The third-order valence-electron chi connectivity index (χ3n) is 5.32. The summed E-state index contributed by atoms with van der Waals surface area (Å²) >= 11 is 0. The van der Waals surface area contributed by atoms with Gasteiger partial charge in [-0.2, -0.15) is 0 Å². The van der Waals surface area contributed by atoms with Crippen molar-refractivity contribution in [2.75, 3.05) is 17.6 Å². The van der Waals surface area contributed by atoms with Gasteiger partial charge in [-0.3, -0.25) is 15.0 Å². The van der Waals surface area contributed by atoms with E-state index in [1.54, 1.807) is 36.4 Å². The summed E-state index contributed by atoms with van der Waals surface area (Å²) < 4.78 is 0. The van der Waals surface area contributed by atoms with Crippen molar-refractivity contribution in [2.45, 2.75) is 20.8 Å². The first-order chi connectivity index (χ1) is 16.9. The van der Waals surface area contributed by atoms with Gasteiger partial charge in [0, 0.05) is 34.6 Å². The van der Waals surface area contributed by atoms with Gasteiger partial charge in [-0.1, -0.05) is 32.9 Å². The predicted molar refractivity (Wildman–Crippen MR) is 140 cm³/mol. The molecule has 2 amide bonds. The van der Waals surface area contributed by atoms with Crippen molar-refractivity contribution < 1.29 is 19.5 Å². The van der Waals surface area contributed by atoms with Crippen LogP contribution in [-0.4, -0.2) is 35.3 Å². The van der Waals surface area contributed by atoms with E-state index in [2.05, 4.69) is 10.6 Å². The van der Waals surface area contributed by atoms with Crippen LogP contribution in [0.1, 0.15) is 57.4 Å². The molecule has 0 saturated heterocycles. The van der Waals surface area contributed by atoms with Crippen molar-refractivity contribution in [3.8, 4) is 11.1 Å². The van der Waals surface area contributed by atoms with Crippen molar-refractivity contribution >= 4 is 35.0 Å². The van der Waals surface area contributed by atoms with Gasteiger partial charge in [0.25, 0.3) is 11.8 Å². The average Bonchev–Trinajstić information content (AvgIpc) is 2.82. The molecule has 0 fully saturated rings. The van der Waals surface area contributed by atoms with Crippen LogP contribution >= 0.6 is 0 Å². The molecule has 3 aromatic carbocycles. The first-order valence-electron chi connectivity index (χ1n) is 11.2. The largest absolute Gasteiger partial charge is 0.478 e. The van der Waals surface area contributed by atoms with Gasteiger partial charge in [0.2, 0.25) is 0 Å². The van der Waals surface area contributed by atoms with Gasteiger partial charge in [-0.05, 0) is 65.1 Å². The number of carboxylic acids is 1. The summed E-state index contributed by atoms with van der Waals surface area (Å²) in [6.45, 7) is 6.35. The molecule has 0 radical (unpaired) electrons. The smallest absolute Gasteiger partial charge is 0.336 e. The van der Waals surface area contributed by atoms with Crippen LogP contribution in [0.4, 0.5) is 11.4 Å². The van der Waals surface area contributed by atoms with E-state index in [-0.39, 0.29) is 39.4 Å². The van der Waals surface area contributed by atoms with E-state index in [1.165, 1.54) is 24.3 Å². The van der Waals surface area contributed by atoms with Crippen LogP contribution in [0.3, 0.4) is 0 Å². The molecule has 0 spiro atoms. The number of hydrogen-bond acceptors (Lipinski definition) is 5. The van der Waals surface area contributed by atoms with Gasteiger partial charge in [0.15, 0.2) is 0 Å². The van der Waals surface area contributed by atoms with Crippen LogP contribution in [0.5, 0.6) is 0 Å². The van der Waals surface area contributed by atoms with E-state index in [4.69, 9.17) is 16.9 Å². The lowest BCUT2D eigenvalue weighted by Gasteiger charge is -2.19. The van der Waals surface area contributed by atoms with Crippen LogP contribution < -0.4 is 22.1 Å². The molecule has 0 aromatic heterocycles. The first-order valence-corrected chi connectivity index (χ1v) is 11.2. The number of benzene rings is 3. The number of nitrogen functional groups attached to an aromatic ring is 2. The minimum Gasteiger partial charge on any atom is -0.478 e. The summed E-state index contributed by atoms with van der Waals surface area (Å²) in [5.74, 6) is -2.22. The summed E-state index contributed by atoms with van der Waals surface area (Å²) in [4.78, 5) is 37.9. The molecule has 0 unspecified atom stereocenters. The van der Waals surface area contributed by atoms with E-state index in [1.807, 2.05) is 20.8 Å². The van der Waals surface area contributed by atoms with Gasteiger partial charge in [-0.15, -0.1) is 0 Å². The molecule has 186 valence electrons. The standard InChI is InChI=1S/C27H29N5O4/c1-27(2,3)14-31-24(33)16-6-10-20(22(12-16)26(35)36)19-11-7-17(28)13-21(19)25(34)32-18-8-4-15(5-9-18)23(29)30/h4-13H,14,28H2,1-3H3,(H3,29,30)(H,31,33)(H,32,34)(H,35,36). The summed E-state index contributed by atoms with van der Waals surface area (Å²) in [6, 6.07) is 15.4. The highest BCUT2D eigenvalue weighted by Crippen LogP contribution is 2.30. The molecule has 9 nitrogen and oxygen atoms in total. The number of hydrogen-bond donors (Lipinski definition) is 6. The number of carbonyl (C=O) groups excluding carboxylic acids is 2. The molecule has 0 atom stereocenters. The molecule has 0 bridgehead atoms. The fraction of sp³-hybridized carbons (Fsp3) is 0.185. The van der Waals surface area contributed by atoms with Gasteiger partial charge < -0.3 is 27.2 Å². The van der Waals surface area contributed by atoms with Gasteiger partial charge in [0.1, 0.15) is 5.84 Å². The van der Waals surface area contributed by atoms with E-state index >= 15 is 0 Å². The van der Waals surface area contributed by atoms with Crippen LogP contribution in [0.2, 0.25) is 0 Å². The molecular formula is C27H29N5O4. The third kappa shape index (κ3) is 6.26. The molecule has 0 aliphatic rings. The Labute approximate surface area is 209 Å². The second kappa shape index (κ2) is 10.3. The zero-order valence-electron chi connectivity index (χ0n) is 20.3. The molecule has 9 heteroatoms. The van der Waals surface area contributed by atoms with Crippen LogP contribution in [0.15, 0.2) is 60.7 Å². The number of amidine groups is 1. The maximum Gasteiger partial charge on any atom is 0.336 e. The quantitative estimate of drug-likeness (QED) is 0.167. The monoisotopic (exact) mass is 487 g/mol. The Balaban J connectivity index is 1.98. The van der Waals surface area contributed by atoms with Gasteiger partial charge in [0.05, 0.1) is 5.56 Å². The summed E-state index contributed by atoms with van der Waals surface area (Å²) in [5.41, 5.74) is 13.4. The number of carboxylic acid groups (broad SMARTS) is 1. The minimum absolute atomic E-state index is 0.0947. The lowest BCUT2D eigenvalue weighted by Crippen LogP contribution is -2.32. The number of amides is 2. The Morgan fingerprint density at radius 3 is 2.03 bits per heavy atom. The maximum atomic E-state index is 13.2. The number of carbonyl (C=O) groups is 3. The Hall–Kier alpha value is -4.66. The molecular weight excluding hydrogens is 458 g/mol. The van der Waals surface area contributed by atoms with Crippen molar-refractivity contribution in [3.05, 3.63) is 82.9 Å². The third-order valence-corrected chi connectivity index (χ3v) is 5.32. The van der Waals surface area contributed by atoms with E-state index in [9.17, 15) is 19.5 Å². The highest BCUT2D eigenvalue weighted by atomic mass is 16.4. The predicted octanol–water partition coefficient (Wildman–Crippen LogP) is 3.95. The maximum absolute atomic E-state index is 13.2. The highest BCUT2D eigenvalue weighted by molar-refractivity contribution is 6.11. The molecule has 0 aliphatic heterocycles. The molecule has 3 rings (SSSR count). The lowest BCUT2D eigenvalue weighted by molar-refractivity contribution is 0.0697. The summed E-state index contributed by atoms with van der Waals surface area (Å²) in [7, 11) is 0. The molecule has 0 heterocycles. The van der Waals surface area contributed by atoms with E-state index < -0.39 is 11.9 Å². The molecule has 0 aliphatic carbocycles. The molecule has 0 saturated carbocycles. The Morgan fingerprint density at radius 1 is 0.861 bits per heavy atom. The second-order valence-corrected chi connectivity index (χ2v) is 9.56. The van der Waals surface area contributed by atoms with Crippen molar-refractivity contribution in [2.24, 2.45) is 11.1 Å². The topological polar surface area (TPSA) is 171 Å². The van der Waals surface area contributed by atoms with Crippen molar-refractivity contribution in [1.29, 1.82) is 5.41 Å². The number of aromatic carboxylic acids is 1. The van der Waals surface area contributed by atoms with Crippen molar-refractivity contribution in [3.63, 3.8) is 0 Å².